The van der Waals surface area contributed by atoms with Gasteiger partial charge in [-0.25, -0.2) is 0 Å². The van der Waals surface area contributed by atoms with E-state index in [1.165, 1.54) is 6.92 Å². The van der Waals surface area contributed by atoms with Crippen molar-refractivity contribution in [2.75, 3.05) is 0 Å². The third kappa shape index (κ3) is 2.90. The van der Waals surface area contributed by atoms with Gasteiger partial charge in [0.15, 0.2) is 11.5 Å². The van der Waals surface area contributed by atoms with Gasteiger partial charge in [-0.1, -0.05) is 6.58 Å². The Morgan fingerprint density at radius 2 is 1.90 bits per heavy atom. The van der Waals surface area contributed by atoms with Crippen molar-refractivity contribution in [2.24, 2.45) is 4.99 Å². The van der Waals surface area contributed by atoms with Crippen LogP contribution in [0.25, 0.3) is 5.57 Å². The molecule has 0 amide bonds. The van der Waals surface area contributed by atoms with Gasteiger partial charge in [0.05, 0.1) is 0 Å². The molecule has 0 spiro atoms. The number of hydrogen-bond acceptors (Lipinski definition) is 3. The van der Waals surface area contributed by atoms with Crippen molar-refractivity contribution in [3.05, 3.63) is 42.1 Å². The van der Waals surface area contributed by atoms with Crippen LogP contribution in [0.1, 0.15) is 31.9 Å². The lowest BCUT2D eigenvalue weighted by atomic mass is 10.0. The molecule has 1 aromatic carbocycles. The maximum absolute atomic E-state index is 13.7. The van der Waals surface area contributed by atoms with E-state index in [2.05, 4.69) is 11.6 Å². The van der Waals surface area contributed by atoms with Gasteiger partial charge in [0, 0.05) is 18.8 Å². The minimum absolute atomic E-state index is 0.410. The fourth-order valence-electron chi connectivity index (χ4n) is 1.98. The van der Waals surface area contributed by atoms with Crippen LogP contribution in [0.3, 0.4) is 0 Å². The molecule has 0 bridgehead atoms. The number of aryl methyl sites for hydroxylation is 1. The van der Waals surface area contributed by atoms with Crippen molar-refractivity contribution in [1.82, 2.24) is 0 Å². The fraction of sp³-hybridized carbons (Fsp3) is 0.312. The van der Waals surface area contributed by atoms with Crippen LogP contribution >= 0.6 is 0 Å². The second-order valence-corrected chi connectivity index (χ2v) is 4.94. The maximum atomic E-state index is 13.7. The Balaban J connectivity index is 2.38. The van der Waals surface area contributed by atoms with E-state index in [-0.39, 0.29) is 0 Å². The highest BCUT2D eigenvalue weighted by Crippen LogP contribution is 2.42. The van der Waals surface area contributed by atoms with Gasteiger partial charge in [-0.3, -0.25) is 4.99 Å². The largest absolute Gasteiger partial charge is 0.423 e. The van der Waals surface area contributed by atoms with E-state index in [0.717, 1.165) is 22.4 Å². The average Bonchev–Trinajstić information content (AvgIpc) is 2.67. The third-order valence-corrected chi connectivity index (χ3v) is 3.06. The molecule has 0 saturated heterocycles. The maximum Gasteiger partial charge on any atom is 0.404 e. The van der Waals surface area contributed by atoms with Crippen molar-refractivity contribution in [1.29, 1.82) is 0 Å². The number of nitrogens with zero attached hydrogens (tertiary/aromatic N) is 1. The van der Waals surface area contributed by atoms with E-state index < -0.39 is 6.04 Å². The molecule has 1 aliphatic heterocycles. The Kier molecular flexibility index (Phi) is 3.66. The topological polar surface area (TPSA) is 30.8 Å². The average molecular weight is 275 g/mol. The molecule has 0 N–H and O–H groups in total. The summed E-state index contributed by atoms with van der Waals surface area (Å²) in [7, 11) is 0. The number of halogens is 1. The van der Waals surface area contributed by atoms with Crippen molar-refractivity contribution in [3.63, 3.8) is 0 Å². The second kappa shape index (κ2) is 5.12. The first-order chi connectivity index (χ1) is 9.32. The van der Waals surface area contributed by atoms with Gasteiger partial charge in [0.25, 0.3) is 0 Å². The number of hydrogen-bond donors (Lipinski definition) is 0. The molecule has 0 radical (unpaired) electrons. The molecule has 1 heterocycles. The summed E-state index contributed by atoms with van der Waals surface area (Å²) in [5, 5.41) is 0. The van der Waals surface area contributed by atoms with Crippen LogP contribution in [0.5, 0.6) is 11.5 Å². The SMILES string of the molecule is C=CC(C)=NC=C(C)c1cc2c(cc1C)OC(C)(F)O2. The molecule has 1 aromatic rings. The van der Waals surface area contributed by atoms with Gasteiger partial charge >= 0.3 is 6.04 Å². The van der Waals surface area contributed by atoms with Crippen molar-refractivity contribution in [2.45, 2.75) is 33.7 Å². The number of rotatable bonds is 3. The van der Waals surface area contributed by atoms with Crippen molar-refractivity contribution in [3.8, 4) is 11.5 Å². The van der Waals surface area contributed by atoms with Crippen LogP contribution in [0.4, 0.5) is 4.39 Å². The molecule has 4 heteroatoms. The zero-order valence-corrected chi connectivity index (χ0v) is 12.2. The van der Waals surface area contributed by atoms with E-state index in [1.807, 2.05) is 20.8 Å². The molecule has 1 unspecified atom stereocenters. The minimum Gasteiger partial charge on any atom is -0.423 e. The Hall–Kier alpha value is -2.10. The highest BCUT2D eigenvalue weighted by atomic mass is 19.2. The number of allylic oxidation sites excluding steroid dienone is 2. The Morgan fingerprint density at radius 3 is 2.50 bits per heavy atom. The number of benzene rings is 1. The predicted molar refractivity (Wildman–Crippen MR) is 78.9 cm³/mol. The minimum atomic E-state index is -2.09. The highest BCUT2D eigenvalue weighted by molar-refractivity contribution is 5.93. The molecule has 20 heavy (non-hydrogen) atoms. The molecule has 0 saturated carbocycles. The highest BCUT2D eigenvalue weighted by Gasteiger charge is 2.37. The molecule has 0 fully saturated rings. The zero-order valence-electron chi connectivity index (χ0n) is 12.2. The van der Waals surface area contributed by atoms with Gasteiger partial charge in [-0.05, 0) is 55.7 Å². The molecule has 3 nitrogen and oxygen atoms in total. The molecular weight excluding hydrogens is 257 g/mol. The van der Waals surface area contributed by atoms with Crippen LogP contribution in [0.2, 0.25) is 0 Å². The van der Waals surface area contributed by atoms with E-state index >= 15 is 0 Å². The van der Waals surface area contributed by atoms with Crippen molar-refractivity contribution >= 4 is 11.3 Å². The summed E-state index contributed by atoms with van der Waals surface area (Å²) >= 11 is 0. The van der Waals surface area contributed by atoms with E-state index in [1.54, 1.807) is 24.4 Å². The zero-order chi connectivity index (χ0) is 14.9. The molecule has 2 rings (SSSR count). The molecule has 106 valence electrons. The van der Waals surface area contributed by atoms with E-state index in [9.17, 15) is 4.39 Å². The third-order valence-electron chi connectivity index (χ3n) is 3.06. The molecule has 1 aliphatic rings. The van der Waals surface area contributed by atoms with Crippen LogP contribution < -0.4 is 9.47 Å². The van der Waals surface area contributed by atoms with Crippen molar-refractivity contribution < 1.29 is 13.9 Å². The normalized spacial score (nSPS) is 22.1. The van der Waals surface area contributed by atoms with Gasteiger partial charge in [0.1, 0.15) is 0 Å². The first kappa shape index (κ1) is 14.3. The molecule has 1 atom stereocenters. The molecule has 0 aromatic heterocycles. The summed E-state index contributed by atoms with van der Waals surface area (Å²) in [6.45, 7) is 10.6. The summed E-state index contributed by atoms with van der Waals surface area (Å²) in [5.41, 5.74) is 3.72. The predicted octanol–water partition coefficient (Wildman–Crippen LogP) is 4.42. The summed E-state index contributed by atoms with van der Waals surface area (Å²) in [6, 6.07) is 1.46. The number of fused-ring (bicyclic) bond motifs is 1. The quantitative estimate of drug-likeness (QED) is 0.765. The number of alkyl halides is 1. The standard InChI is InChI=1S/C16H18FNO2/c1-6-12(4)18-9-11(3)13-8-15-14(7-10(13)2)19-16(5,17)20-15/h6-9H,1H2,2-5H3. The van der Waals surface area contributed by atoms with Gasteiger partial charge in [-0.2, -0.15) is 4.39 Å². The lowest BCUT2D eigenvalue weighted by molar-refractivity contribution is -0.173. The lowest BCUT2D eigenvalue weighted by Crippen LogP contribution is -2.27. The first-order valence-corrected chi connectivity index (χ1v) is 6.38. The molecule has 0 aliphatic carbocycles. The van der Waals surface area contributed by atoms with Gasteiger partial charge in [-0.15, -0.1) is 0 Å². The van der Waals surface area contributed by atoms with E-state index in [4.69, 9.17) is 9.47 Å². The fourth-order valence-corrected chi connectivity index (χ4v) is 1.98. The number of aliphatic imine (C=N–C) groups is 1. The number of ether oxygens (including phenoxy) is 2. The monoisotopic (exact) mass is 275 g/mol. The van der Waals surface area contributed by atoms with Crippen LogP contribution in [-0.2, 0) is 0 Å². The molecular formula is C16H18FNO2. The first-order valence-electron chi connectivity index (χ1n) is 6.38. The summed E-state index contributed by atoms with van der Waals surface area (Å²) in [5.74, 6) is 0.836. The summed E-state index contributed by atoms with van der Waals surface area (Å²) in [4.78, 5) is 4.27. The smallest absolute Gasteiger partial charge is 0.404 e. The summed E-state index contributed by atoms with van der Waals surface area (Å²) < 4.78 is 23.9. The van der Waals surface area contributed by atoms with Crippen LogP contribution in [0, 0.1) is 6.92 Å². The summed E-state index contributed by atoms with van der Waals surface area (Å²) in [6.07, 6.45) is 3.45. The van der Waals surface area contributed by atoms with Crippen LogP contribution in [-0.4, -0.2) is 11.8 Å². The Labute approximate surface area is 118 Å². The van der Waals surface area contributed by atoms with E-state index in [0.29, 0.717) is 11.5 Å². The second-order valence-electron chi connectivity index (χ2n) is 4.94. The van der Waals surface area contributed by atoms with Gasteiger partial charge in [0.2, 0.25) is 0 Å². The Bertz CT molecular complexity index is 615. The Morgan fingerprint density at radius 1 is 1.30 bits per heavy atom. The lowest BCUT2D eigenvalue weighted by Gasteiger charge is -2.10. The van der Waals surface area contributed by atoms with Gasteiger partial charge < -0.3 is 9.47 Å². The van der Waals surface area contributed by atoms with Crippen LogP contribution in [0.15, 0.2) is 36.0 Å².